The number of fused-ring (bicyclic) bond motifs is 2. The molecule has 2 atom stereocenters. The van der Waals surface area contributed by atoms with Crippen LogP contribution in [0.5, 0.6) is 0 Å². The third kappa shape index (κ3) is 3.12. The van der Waals surface area contributed by atoms with Gasteiger partial charge in [0.05, 0.1) is 19.8 Å². The van der Waals surface area contributed by atoms with Crippen molar-refractivity contribution in [2.75, 3.05) is 40.0 Å². The lowest BCUT2D eigenvalue weighted by Crippen LogP contribution is -2.64. The van der Waals surface area contributed by atoms with E-state index in [0.717, 1.165) is 0 Å². The highest BCUT2D eigenvalue weighted by Gasteiger charge is 2.82. The summed E-state index contributed by atoms with van der Waals surface area (Å²) in [6.07, 6.45) is -0.139. The van der Waals surface area contributed by atoms with Crippen molar-refractivity contribution < 1.29 is 33.4 Å². The normalized spacial score (nSPS) is 28.9. The van der Waals surface area contributed by atoms with Crippen LogP contribution in [-0.2, 0) is 33.4 Å². The lowest BCUT2D eigenvalue weighted by atomic mass is 9.63. The Balaban J connectivity index is 0.00000364. The highest BCUT2D eigenvalue weighted by molar-refractivity contribution is 6.21. The van der Waals surface area contributed by atoms with E-state index in [9.17, 15) is 19.2 Å². The minimum absolute atomic E-state index is 0. The van der Waals surface area contributed by atoms with Crippen LogP contribution in [0.1, 0.15) is 34.1 Å². The minimum Gasteiger partial charge on any atom is -0.465 e. The molecule has 1 saturated heterocycles. The Labute approximate surface area is 165 Å². The number of rotatable bonds is 6. The quantitative estimate of drug-likeness (QED) is 0.366. The number of ketones is 1. The number of esters is 3. The summed E-state index contributed by atoms with van der Waals surface area (Å²) in [5, 5.41) is 0. The number of carbonyl (C=O) groups excluding carboxylic acids is 4. The first-order chi connectivity index (χ1) is 12.2. The molecule has 27 heavy (non-hydrogen) atoms. The van der Waals surface area contributed by atoms with Crippen molar-refractivity contribution in [3.05, 3.63) is 0 Å². The predicted octanol–water partition coefficient (Wildman–Crippen LogP) is 0.995. The van der Waals surface area contributed by atoms with Crippen LogP contribution in [0.25, 0.3) is 0 Å². The van der Waals surface area contributed by atoms with Gasteiger partial charge < -0.3 is 19.1 Å². The zero-order valence-electron chi connectivity index (χ0n) is 16.5. The van der Waals surface area contributed by atoms with E-state index in [0.29, 0.717) is 6.54 Å². The Morgan fingerprint density at radius 1 is 0.926 bits per heavy atom. The second-order valence-electron chi connectivity index (χ2n) is 7.21. The largest absolute Gasteiger partial charge is 0.465 e. The zero-order chi connectivity index (χ0) is 19.8. The third-order valence-corrected chi connectivity index (χ3v) is 5.32. The van der Waals surface area contributed by atoms with Crippen LogP contribution >= 0.6 is 12.4 Å². The molecule has 1 saturated carbocycles. The van der Waals surface area contributed by atoms with Crippen molar-refractivity contribution in [3.8, 4) is 0 Å². The van der Waals surface area contributed by atoms with E-state index in [2.05, 4.69) is 0 Å². The molecule has 0 aromatic carbocycles. The van der Waals surface area contributed by atoms with Gasteiger partial charge in [-0.2, -0.15) is 0 Å². The van der Waals surface area contributed by atoms with E-state index in [1.165, 1.54) is 0 Å². The summed E-state index contributed by atoms with van der Waals surface area (Å²) in [4.78, 5) is 54.2. The average Bonchev–Trinajstić information content (AvgIpc) is 2.68. The molecule has 154 valence electrons. The topological polar surface area (TPSA) is 99.2 Å². The highest BCUT2D eigenvalue weighted by Crippen LogP contribution is 2.62. The summed E-state index contributed by atoms with van der Waals surface area (Å²) in [5.74, 6) is -3.14. The monoisotopic (exact) mass is 405 g/mol. The third-order valence-electron chi connectivity index (χ3n) is 5.32. The number of hydrogen-bond donors (Lipinski definition) is 0. The van der Waals surface area contributed by atoms with E-state index in [-0.39, 0.29) is 45.2 Å². The van der Waals surface area contributed by atoms with Gasteiger partial charge in [0.1, 0.15) is 0 Å². The van der Waals surface area contributed by atoms with Gasteiger partial charge in [-0.25, -0.2) is 0 Å². The average molecular weight is 406 g/mol. The summed E-state index contributed by atoms with van der Waals surface area (Å²) in [6.45, 7) is 6.76. The number of halogens is 1. The van der Waals surface area contributed by atoms with E-state index >= 15 is 0 Å². The van der Waals surface area contributed by atoms with Gasteiger partial charge in [-0.05, 0) is 34.2 Å². The molecule has 2 unspecified atom stereocenters. The molecule has 9 heteroatoms. The Kier molecular flexibility index (Phi) is 7.05. The molecule has 0 radical (unpaired) electrons. The van der Waals surface area contributed by atoms with Gasteiger partial charge in [-0.3, -0.25) is 19.2 Å². The first-order valence-electron chi connectivity index (χ1n) is 8.91. The van der Waals surface area contributed by atoms with Gasteiger partial charge in [0.2, 0.25) is 0 Å². The lowest BCUT2D eigenvalue weighted by molar-refractivity contribution is -0.193. The smallest absolute Gasteiger partial charge is 0.325 e. The molecule has 0 amide bonds. The molecule has 0 spiro atoms. The fourth-order valence-electron chi connectivity index (χ4n) is 4.59. The molecule has 0 N–H and O–H groups in total. The van der Waals surface area contributed by atoms with E-state index in [1.807, 2.05) is 0 Å². The lowest BCUT2D eigenvalue weighted by Gasteiger charge is -2.42. The highest BCUT2D eigenvalue weighted by atomic mass is 35.5. The number of piperidine rings is 1. The first kappa shape index (κ1) is 23.4. The Morgan fingerprint density at radius 2 is 1.37 bits per heavy atom. The van der Waals surface area contributed by atoms with Gasteiger partial charge in [0.15, 0.2) is 16.6 Å². The number of carbonyl (C=O) groups is 4. The van der Waals surface area contributed by atoms with Crippen LogP contribution in [-0.4, -0.2) is 68.5 Å². The number of ether oxygens (including phenoxy) is 3. The van der Waals surface area contributed by atoms with Crippen molar-refractivity contribution >= 4 is 36.1 Å². The molecule has 1 aliphatic carbocycles. The molecule has 2 fully saturated rings. The molecule has 0 aromatic heterocycles. The second kappa shape index (κ2) is 8.14. The number of nitrogens with zero attached hydrogens (tertiary/aromatic N) is 1. The van der Waals surface area contributed by atoms with Crippen molar-refractivity contribution in [2.45, 2.75) is 34.1 Å². The summed E-state index contributed by atoms with van der Waals surface area (Å²) in [6, 6.07) is 0. The summed E-state index contributed by atoms with van der Waals surface area (Å²) >= 11 is 0. The minimum atomic E-state index is -2.04. The van der Waals surface area contributed by atoms with E-state index < -0.39 is 39.9 Å². The molecule has 2 aliphatic rings. The van der Waals surface area contributed by atoms with Crippen LogP contribution in [0, 0.1) is 16.2 Å². The van der Waals surface area contributed by atoms with Crippen molar-refractivity contribution in [1.29, 1.82) is 0 Å². The maximum atomic E-state index is 13.4. The van der Waals surface area contributed by atoms with Gasteiger partial charge >= 0.3 is 17.9 Å². The summed E-state index contributed by atoms with van der Waals surface area (Å²) in [7, 11) is 1.74. The fraction of sp³-hybridized carbons (Fsp3) is 0.778. The summed E-state index contributed by atoms with van der Waals surface area (Å²) in [5.41, 5.74) is -5.07. The van der Waals surface area contributed by atoms with E-state index in [4.69, 9.17) is 14.2 Å². The van der Waals surface area contributed by atoms with Crippen LogP contribution in [0.4, 0.5) is 0 Å². The molecule has 0 aromatic rings. The fourth-order valence-corrected chi connectivity index (χ4v) is 4.59. The van der Waals surface area contributed by atoms with Crippen LogP contribution in [0.2, 0.25) is 0 Å². The number of hydrogen-bond acceptors (Lipinski definition) is 8. The van der Waals surface area contributed by atoms with Gasteiger partial charge in [0.25, 0.3) is 0 Å². The molecular weight excluding hydrogens is 378 g/mol. The molecule has 8 nitrogen and oxygen atoms in total. The molecule has 1 heterocycles. The summed E-state index contributed by atoms with van der Waals surface area (Å²) < 4.78 is 15.5. The maximum Gasteiger partial charge on any atom is 0.325 e. The Hall–Kier alpha value is -1.67. The molecule has 1 aliphatic heterocycles. The maximum absolute atomic E-state index is 13.4. The Bertz CT molecular complexity index is 619. The predicted molar refractivity (Wildman–Crippen MR) is 97.2 cm³/mol. The standard InChI is InChI=1S/C18H27NO7.ClH/c1-6-24-13(21)17(14(22)25-7-2)9-16(4)10-19(5)11-18(17,12(16)20)15(23)26-8-3;/h6-11H2,1-5H3;1H. The van der Waals surface area contributed by atoms with Gasteiger partial charge in [-0.15, -0.1) is 12.4 Å². The Morgan fingerprint density at radius 3 is 1.81 bits per heavy atom. The van der Waals surface area contributed by atoms with Crippen LogP contribution in [0.3, 0.4) is 0 Å². The number of likely N-dealkylation sites (tertiary alicyclic amines) is 1. The van der Waals surface area contributed by atoms with Crippen molar-refractivity contribution in [2.24, 2.45) is 16.2 Å². The second-order valence-corrected chi connectivity index (χ2v) is 7.21. The van der Waals surface area contributed by atoms with Gasteiger partial charge in [0, 0.05) is 18.5 Å². The van der Waals surface area contributed by atoms with Crippen molar-refractivity contribution in [1.82, 2.24) is 4.90 Å². The molecule has 2 rings (SSSR count). The van der Waals surface area contributed by atoms with Crippen molar-refractivity contribution in [3.63, 3.8) is 0 Å². The SMILES string of the molecule is CCOC(=O)C1(C(=O)OCC)CC2(C)CN(C)CC1(C(=O)OCC)C2=O.Cl. The van der Waals surface area contributed by atoms with E-state index in [1.54, 1.807) is 39.6 Å². The molecule has 2 bridgehead atoms. The first-order valence-corrected chi connectivity index (χ1v) is 8.91. The molecular formula is C18H28ClNO7. The number of Topliss-reactive ketones (excluding diaryl/α,β-unsaturated/α-hetero) is 1. The van der Waals surface area contributed by atoms with Gasteiger partial charge in [-0.1, -0.05) is 6.92 Å². The van der Waals surface area contributed by atoms with Crippen LogP contribution in [0.15, 0.2) is 0 Å². The zero-order valence-corrected chi connectivity index (χ0v) is 17.3. The van der Waals surface area contributed by atoms with Crippen LogP contribution < -0.4 is 0 Å².